The molecule has 0 unspecified atom stereocenters. The van der Waals surface area contributed by atoms with Gasteiger partial charge in [0.2, 0.25) is 0 Å². The number of amides is 3. The lowest BCUT2D eigenvalue weighted by molar-refractivity contribution is -0.137. The van der Waals surface area contributed by atoms with E-state index in [1.54, 1.807) is 28.9 Å². The van der Waals surface area contributed by atoms with Crippen LogP contribution in [0.15, 0.2) is 59.8 Å². The van der Waals surface area contributed by atoms with Gasteiger partial charge in [-0.2, -0.15) is 5.10 Å². The highest BCUT2D eigenvalue weighted by Crippen LogP contribution is 2.52. The van der Waals surface area contributed by atoms with Crippen LogP contribution in [0, 0.1) is 5.41 Å². The fraction of sp³-hybridized carbons (Fsp3) is 0.559. The Kier molecular flexibility index (Phi) is 8.43. The summed E-state index contributed by atoms with van der Waals surface area (Å²) in [6.07, 6.45) is 6.60. The van der Waals surface area contributed by atoms with Gasteiger partial charge in [0, 0.05) is 57.4 Å². The minimum Gasteiger partial charge on any atom is -0.444 e. The molecule has 0 radical (unpaired) electrons. The smallest absolute Gasteiger partial charge is 0.410 e. The van der Waals surface area contributed by atoms with Gasteiger partial charge in [0.1, 0.15) is 5.60 Å². The lowest BCUT2D eigenvalue weighted by Gasteiger charge is -2.53. The SMILES string of the molecule is Cn1nccc1-c1cc(=O)n(C[C@]2(O)CCN(C(=O)N3CCN(C(=O)OC(C)(C)C)C[C@H]3c3ccccc3)CC23CCCC3)cn1. The van der Waals surface area contributed by atoms with Crippen molar-refractivity contribution in [3.8, 4) is 11.4 Å². The van der Waals surface area contributed by atoms with Crippen molar-refractivity contribution < 1.29 is 19.4 Å². The van der Waals surface area contributed by atoms with E-state index in [1.807, 2.05) is 60.9 Å². The summed E-state index contributed by atoms with van der Waals surface area (Å²) in [6.45, 7) is 7.51. The predicted octanol–water partition coefficient (Wildman–Crippen LogP) is 4.06. The third-order valence-electron chi connectivity index (χ3n) is 9.96. The van der Waals surface area contributed by atoms with Gasteiger partial charge in [0.15, 0.2) is 0 Å². The van der Waals surface area contributed by atoms with Crippen LogP contribution in [0.1, 0.15) is 64.5 Å². The Morgan fingerprint density at radius 2 is 1.76 bits per heavy atom. The molecular formula is C34H45N7O5. The highest BCUT2D eigenvalue weighted by molar-refractivity contribution is 5.76. The average molecular weight is 632 g/mol. The van der Waals surface area contributed by atoms with Gasteiger partial charge < -0.3 is 24.5 Å². The van der Waals surface area contributed by atoms with E-state index in [-0.39, 0.29) is 30.3 Å². The van der Waals surface area contributed by atoms with Crippen LogP contribution in [-0.4, -0.2) is 95.2 Å². The normalized spacial score (nSPS) is 23.2. The van der Waals surface area contributed by atoms with E-state index in [1.165, 1.54) is 17.0 Å². The molecule has 12 heteroatoms. The summed E-state index contributed by atoms with van der Waals surface area (Å²) in [5, 5.41) is 16.5. The molecule has 1 saturated carbocycles. The van der Waals surface area contributed by atoms with Gasteiger partial charge in [0.25, 0.3) is 5.56 Å². The van der Waals surface area contributed by atoms with Gasteiger partial charge in [-0.1, -0.05) is 43.2 Å². The number of carbonyl (C=O) groups is 2. The largest absolute Gasteiger partial charge is 0.444 e. The van der Waals surface area contributed by atoms with Crippen molar-refractivity contribution in [3.05, 3.63) is 70.9 Å². The third-order valence-corrected chi connectivity index (χ3v) is 9.96. The van der Waals surface area contributed by atoms with Gasteiger partial charge in [-0.25, -0.2) is 14.6 Å². The molecule has 3 aliphatic rings. The number of piperazine rings is 1. The molecule has 1 N–H and O–H groups in total. The first-order chi connectivity index (χ1) is 21.9. The fourth-order valence-electron chi connectivity index (χ4n) is 7.50. The first-order valence-electron chi connectivity index (χ1n) is 16.2. The minimum absolute atomic E-state index is 0.0922. The van der Waals surface area contributed by atoms with Crippen LogP contribution in [0.4, 0.5) is 9.59 Å². The summed E-state index contributed by atoms with van der Waals surface area (Å²) in [7, 11) is 1.80. The third kappa shape index (κ3) is 6.14. The molecule has 2 atom stereocenters. The minimum atomic E-state index is -1.17. The highest BCUT2D eigenvalue weighted by Gasteiger charge is 2.56. The average Bonchev–Trinajstić information content (AvgIpc) is 3.68. The number of nitrogens with zero attached hydrogens (tertiary/aromatic N) is 7. The molecule has 1 spiro atoms. The molecule has 2 aromatic heterocycles. The number of likely N-dealkylation sites (tertiary alicyclic amines) is 1. The number of aromatic nitrogens is 4. The van der Waals surface area contributed by atoms with Crippen molar-refractivity contribution in [2.45, 2.75) is 76.7 Å². The van der Waals surface area contributed by atoms with Crippen LogP contribution < -0.4 is 5.56 Å². The second-order valence-electron chi connectivity index (χ2n) is 14.1. The molecule has 3 amide bonds. The molecule has 3 aromatic rings. The number of hydrogen-bond acceptors (Lipinski definition) is 7. The Morgan fingerprint density at radius 1 is 1.02 bits per heavy atom. The zero-order chi connectivity index (χ0) is 32.7. The van der Waals surface area contributed by atoms with E-state index in [4.69, 9.17) is 4.74 Å². The quantitative estimate of drug-likeness (QED) is 0.461. The van der Waals surface area contributed by atoms with Gasteiger partial charge >= 0.3 is 12.1 Å². The summed E-state index contributed by atoms with van der Waals surface area (Å²) in [4.78, 5) is 50.5. The van der Waals surface area contributed by atoms with Gasteiger partial charge in [-0.05, 0) is 51.7 Å². The number of carbonyl (C=O) groups excluding carboxylic acids is 2. The van der Waals surface area contributed by atoms with Gasteiger partial charge in [-0.15, -0.1) is 0 Å². The lowest BCUT2D eigenvalue weighted by Crippen LogP contribution is -2.64. The number of benzene rings is 1. The number of ether oxygens (including phenoxy) is 1. The Hall–Kier alpha value is -4.19. The molecule has 2 saturated heterocycles. The molecule has 46 heavy (non-hydrogen) atoms. The van der Waals surface area contributed by atoms with E-state index in [0.717, 1.165) is 36.9 Å². The van der Waals surface area contributed by atoms with Crippen molar-refractivity contribution in [1.29, 1.82) is 0 Å². The Morgan fingerprint density at radius 3 is 2.41 bits per heavy atom. The molecule has 1 aliphatic carbocycles. The summed E-state index contributed by atoms with van der Waals surface area (Å²) < 4.78 is 8.83. The van der Waals surface area contributed by atoms with Crippen molar-refractivity contribution in [2.75, 3.05) is 32.7 Å². The summed E-state index contributed by atoms with van der Waals surface area (Å²) >= 11 is 0. The molecule has 12 nitrogen and oxygen atoms in total. The van der Waals surface area contributed by atoms with Crippen LogP contribution in [0.3, 0.4) is 0 Å². The Bertz CT molecular complexity index is 1620. The lowest BCUT2D eigenvalue weighted by atomic mass is 9.66. The zero-order valence-electron chi connectivity index (χ0n) is 27.3. The van der Waals surface area contributed by atoms with Crippen molar-refractivity contribution in [2.24, 2.45) is 12.5 Å². The second kappa shape index (κ2) is 12.2. The van der Waals surface area contributed by atoms with E-state index in [0.29, 0.717) is 44.8 Å². The molecule has 1 aromatic carbocycles. The van der Waals surface area contributed by atoms with Crippen LogP contribution in [0.2, 0.25) is 0 Å². The standard InChI is InChI=1S/C34H45N7O5/c1-32(2,3)46-31(44)38-18-19-41(28(21-38)25-10-6-5-7-11-25)30(43)39-17-15-34(45,33(22-39)13-8-9-14-33)23-40-24-35-26(20-29(40)42)27-12-16-36-37(27)4/h5-7,10-12,16,20,24,28,45H,8-9,13-15,17-19,21-23H2,1-4H3/t28-,34+/m0/s1. The molecule has 3 fully saturated rings. The topological polar surface area (TPSA) is 126 Å². The number of rotatable bonds is 4. The summed E-state index contributed by atoms with van der Waals surface area (Å²) in [5.74, 6) is 0. The van der Waals surface area contributed by atoms with E-state index >= 15 is 0 Å². The van der Waals surface area contributed by atoms with Gasteiger partial charge in [0.05, 0.1) is 35.9 Å². The molecule has 6 rings (SSSR count). The Balaban J connectivity index is 1.22. The molecule has 2 aliphatic heterocycles. The van der Waals surface area contributed by atoms with Crippen LogP contribution in [0.25, 0.3) is 11.4 Å². The summed E-state index contributed by atoms with van der Waals surface area (Å²) in [5.41, 5.74) is -0.341. The van der Waals surface area contributed by atoms with Crippen LogP contribution >= 0.6 is 0 Å². The van der Waals surface area contributed by atoms with E-state index in [2.05, 4.69) is 10.1 Å². The molecule has 4 heterocycles. The molecule has 0 bridgehead atoms. The molecule has 246 valence electrons. The number of hydrogen-bond donors (Lipinski definition) is 1. The number of urea groups is 1. The maximum absolute atomic E-state index is 14.3. The predicted molar refractivity (Wildman–Crippen MR) is 172 cm³/mol. The zero-order valence-corrected chi connectivity index (χ0v) is 27.3. The molecular weight excluding hydrogens is 586 g/mol. The second-order valence-corrected chi connectivity index (χ2v) is 14.1. The summed E-state index contributed by atoms with van der Waals surface area (Å²) in [6, 6.07) is 12.7. The van der Waals surface area contributed by atoms with Gasteiger partial charge in [-0.3, -0.25) is 14.0 Å². The first kappa shape index (κ1) is 31.8. The van der Waals surface area contributed by atoms with Crippen molar-refractivity contribution in [1.82, 2.24) is 34.0 Å². The number of aliphatic hydroxyl groups is 1. The van der Waals surface area contributed by atoms with E-state index in [9.17, 15) is 19.5 Å². The monoisotopic (exact) mass is 631 g/mol. The van der Waals surface area contributed by atoms with Crippen molar-refractivity contribution >= 4 is 12.1 Å². The maximum Gasteiger partial charge on any atom is 0.410 e. The fourth-order valence-corrected chi connectivity index (χ4v) is 7.50. The van der Waals surface area contributed by atoms with Crippen LogP contribution in [-0.2, 0) is 18.3 Å². The maximum atomic E-state index is 14.3. The Labute approximate surface area is 269 Å². The van der Waals surface area contributed by atoms with Crippen LogP contribution in [0.5, 0.6) is 0 Å². The number of piperidine rings is 1. The number of aryl methyl sites for hydroxylation is 1. The highest BCUT2D eigenvalue weighted by atomic mass is 16.6. The first-order valence-corrected chi connectivity index (χ1v) is 16.2. The van der Waals surface area contributed by atoms with Crippen molar-refractivity contribution in [3.63, 3.8) is 0 Å². The van der Waals surface area contributed by atoms with E-state index < -0.39 is 16.6 Å².